The summed E-state index contributed by atoms with van der Waals surface area (Å²) in [6.45, 7) is -0.995. The molecule has 3 N–H and O–H groups in total. The lowest BCUT2D eigenvalue weighted by Gasteiger charge is -2.14. The Balaban J connectivity index is 2.21. The van der Waals surface area contributed by atoms with Gasteiger partial charge in [0, 0.05) is 11.2 Å². The fraction of sp³-hybridized carbons (Fsp3) is 0.176. The van der Waals surface area contributed by atoms with Crippen LogP contribution >= 0.6 is 34.8 Å². The van der Waals surface area contributed by atoms with Crippen molar-refractivity contribution in [2.24, 2.45) is 0 Å². The fourth-order valence-corrected chi connectivity index (χ4v) is 3.00. The SMILES string of the molecule is O=C(NC(=O)c1ncc(C(F)(F)F)cc1Cl)Nc1c(Cl)cc(Cl)cc1C(=O)NCC(F)F. The van der Waals surface area contributed by atoms with Gasteiger partial charge in [0.1, 0.15) is 5.69 Å². The molecule has 0 radical (unpaired) electrons. The fourth-order valence-electron chi connectivity index (χ4n) is 2.21. The number of nitrogens with one attached hydrogen (secondary N) is 3. The second-order valence-electron chi connectivity index (χ2n) is 5.87. The van der Waals surface area contributed by atoms with Gasteiger partial charge in [-0.3, -0.25) is 14.9 Å². The summed E-state index contributed by atoms with van der Waals surface area (Å²) in [6, 6.07) is 1.32. The minimum atomic E-state index is -4.75. The van der Waals surface area contributed by atoms with E-state index in [0.717, 1.165) is 12.1 Å². The zero-order valence-electron chi connectivity index (χ0n) is 15.3. The highest BCUT2D eigenvalue weighted by Crippen LogP contribution is 2.32. The van der Waals surface area contributed by atoms with E-state index in [2.05, 4.69) is 10.3 Å². The van der Waals surface area contributed by atoms with Crippen LogP contribution in [0.5, 0.6) is 0 Å². The van der Waals surface area contributed by atoms with Crippen molar-refractivity contribution in [1.29, 1.82) is 0 Å². The third-order valence-corrected chi connectivity index (χ3v) is 4.37. The number of anilines is 1. The number of hydrogen-bond acceptors (Lipinski definition) is 4. The highest BCUT2D eigenvalue weighted by Gasteiger charge is 2.32. The number of nitrogens with zero attached hydrogens (tertiary/aromatic N) is 1. The Hall–Kier alpha value is -2.70. The molecule has 0 saturated carbocycles. The normalized spacial score (nSPS) is 11.3. The number of aromatic nitrogens is 1. The molecule has 0 unspecified atom stereocenters. The summed E-state index contributed by atoms with van der Waals surface area (Å²) < 4.78 is 62.7. The predicted octanol–water partition coefficient (Wildman–Crippen LogP) is 5.02. The summed E-state index contributed by atoms with van der Waals surface area (Å²) in [5.41, 5.74) is -2.67. The monoisotopic (exact) mass is 518 g/mol. The number of urea groups is 1. The quantitative estimate of drug-likeness (QED) is 0.483. The van der Waals surface area contributed by atoms with Crippen molar-refractivity contribution in [1.82, 2.24) is 15.6 Å². The Kier molecular flexibility index (Phi) is 8.21. The molecule has 172 valence electrons. The number of benzene rings is 1. The van der Waals surface area contributed by atoms with E-state index in [-0.39, 0.29) is 15.7 Å². The van der Waals surface area contributed by atoms with Crippen molar-refractivity contribution in [2.75, 3.05) is 11.9 Å². The van der Waals surface area contributed by atoms with E-state index in [4.69, 9.17) is 34.8 Å². The summed E-state index contributed by atoms with van der Waals surface area (Å²) in [5, 5.41) is 4.70. The van der Waals surface area contributed by atoms with Crippen LogP contribution in [0.4, 0.5) is 32.4 Å². The van der Waals surface area contributed by atoms with Crippen LogP contribution in [0.25, 0.3) is 0 Å². The number of rotatable bonds is 5. The van der Waals surface area contributed by atoms with Crippen LogP contribution in [-0.4, -0.2) is 35.8 Å². The van der Waals surface area contributed by atoms with Gasteiger partial charge in [-0.1, -0.05) is 34.8 Å². The molecule has 0 aliphatic rings. The lowest BCUT2D eigenvalue weighted by molar-refractivity contribution is -0.137. The lowest BCUT2D eigenvalue weighted by atomic mass is 10.1. The molecule has 2 rings (SSSR count). The van der Waals surface area contributed by atoms with Crippen LogP contribution in [-0.2, 0) is 6.18 Å². The number of hydrogen-bond donors (Lipinski definition) is 3. The van der Waals surface area contributed by atoms with Crippen LogP contribution in [0.1, 0.15) is 26.4 Å². The van der Waals surface area contributed by atoms with Crippen molar-refractivity contribution in [3.8, 4) is 0 Å². The molecule has 0 fully saturated rings. The summed E-state index contributed by atoms with van der Waals surface area (Å²) in [6.07, 6.45) is -7.26. The van der Waals surface area contributed by atoms with Crippen LogP contribution in [0.2, 0.25) is 15.1 Å². The number of carbonyl (C=O) groups is 3. The van der Waals surface area contributed by atoms with Crippen LogP contribution in [0.3, 0.4) is 0 Å². The molecule has 1 heterocycles. The van der Waals surface area contributed by atoms with Crippen molar-refractivity contribution in [2.45, 2.75) is 12.6 Å². The van der Waals surface area contributed by atoms with Gasteiger partial charge in [-0.25, -0.2) is 18.6 Å². The molecule has 0 aliphatic carbocycles. The van der Waals surface area contributed by atoms with Crippen molar-refractivity contribution in [3.63, 3.8) is 0 Å². The summed E-state index contributed by atoms with van der Waals surface area (Å²) >= 11 is 17.4. The topological polar surface area (TPSA) is 100 Å². The first-order valence-electron chi connectivity index (χ1n) is 8.20. The van der Waals surface area contributed by atoms with Gasteiger partial charge in [0.2, 0.25) is 0 Å². The number of carbonyl (C=O) groups excluding carboxylic acids is 3. The first kappa shape index (κ1) is 25.6. The van der Waals surface area contributed by atoms with Gasteiger partial charge in [0.15, 0.2) is 0 Å². The number of halogens is 8. The Labute approximate surface area is 191 Å². The second-order valence-corrected chi connectivity index (χ2v) is 7.12. The number of pyridine rings is 1. The van der Waals surface area contributed by atoms with Crippen LogP contribution in [0.15, 0.2) is 24.4 Å². The molecule has 0 atom stereocenters. The molecule has 0 spiro atoms. The summed E-state index contributed by atoms with van der Waals surface area (Å²) in [4.78, 5) is 39.8. The minimum absolute atomic E-state index is 0.0556. The van der Waals surface area contributed by atoms with Gasteiger partial charge in [0.25, 0.3) is 18.2 Å². The maximum absolute atomic E-state index is 12.7. The van der Waals surface area contributed by atoms with Crippen molar-refractivity contribution >= 4 is 58.3 Å². The average Bonchev–Trinajstić information content (AvgIpc) is 2.66. The molecule has 0 aliphatic heterocycles. The van der Waals surface area contributed by atoms with E-state index in [1.54, 1.807) is 5.32 Å². The zero-order chi connectivity index (χ0) is 24.2. The molecule has 32 heavy (non-hydrogen) atoms. The molecule has 0 bridgehead atoms. The Bertz CT molecular complexity index is 1070. The van der Waals surface area contributed by atoms with E-state index in [1.807, 2.05) is 5.32 Å². The van der Waals surface area contributed by atoms with E-state index < -0.39 is 58.8 Å². The Morgan fingerprint density at radius 1 is 1.00 bits per heavy atom. The minimum Gasteiger partial charge on any atom is -0.346 e. The van der Waals surface area contributed by atoms with Gasteiger partial charge < -0.3 is 10.6 Å². The average molecular weight is 520 g/mol. The maximum atomic E-state index is 12.7. The molecule has 1 aromatic carbocycles. The van der Waals surface area contributed by atoms with Crippen molar-refractivity contribution in [3.05, 3.63) is 56.3 Å². The van der Waals surface area contributed by atoms with Gasteiger partial charge in [0.05, 0.1) is 33.4 Å². The molecule has 2 aromatic rings. The highest BCUT2D eigenvalue weighted by molar-refractivity contribution is 6.38. The van der Waals surface area contributed by atoms with Gasteiger partial charge >= 0.3 is 12.2 Å². The lowest BCUT2D eigenvalue weighted by Crippen LogP contribution is -2.36. The first-order valence-corrected chi connectivity index (χ1v) is 9.33. The Morgan fingerprint density at radius 3 is 2.22 bits per heavy atom. The largest absolute Gasteiger partial charge is 0.417 e. The predicted molar refractivity (Wildman–Crippen MR) is 106 cm³/mol. The van der Waals surface area contributed by atoms with Gasteiger partial charge in [-0.2, -0.15) is 13.2 Å². The Morgan fingerprint density at radius 2 is 1.66 bits per heavy atom. The zero-order valence-corrected chi connectivity index (χ0v) is 17.6. The smallest absolute Gasteiger partial charge is 0.346 e. The molecule has 1 aromatic heterocycles. The molecule has 0 saturated heterocycles. The van der Waals surface area contributed by atoms with Gasteiger partial charge in [-0.15, -0.1) is 0 Å². The first-order chi connectivity index (χ1) is 14.8. The number of imide groups is 1. The third-order valence-electron chi connectivity index (χ3n) is 3.57. The standard InChI is InChI=1S/C17H10Cl3F5N4O3/c18-7-2-8(14(30)27-5-11(21)22)12(10(20)3-7)28-16(32)29-15(31)13-9(19)1-6(4-26-13)17(23,24)25/h1-4,11H,5H2,(H,27,30)(H2,28,29,31,32). The molecular weight excluding hydrogens is 510 g/mol. The molecular formula is C17H10Cl3F5N4O3. The third kappa shape index (κ3) is 6.65. The highest BCUT2D eigenvalue weighted by atomic mass is 35.5. The van der Waals surface area contributed by atoms with E-state index in [9.17, 15) is 36.3 Å². The molecule has 7 nitrogen and oxygen atoms in total. The van der Waals surface area contributed by atoms with E-state index >= 15 is 0 Å². The second kappa shape index (κ2) is 10.3. The molecule has 4 amide bonds. The van der Waals surface area contributed by atoms with E-state index in [1.165, 1.54) is 0 Å². The maximum Gasteiger partial charge on any atom is 0.417 e. The number of amides is 4. The van der Waals surface area contributed by atoms with Crippen LogP contribution in [0, 0.1) is 0 Å². The summed E-state index contributed by atoms with van der Waals surface area (Å²) in [5.74, 6) is -2.32. The molecule has 15 heteroatoms. The summed E-state index contributed by atoms with van der Waals surface area (Å²) in [7, 11) is 0. The van der Waals surface area contributed by atoms with Crippen LogP contribution < -0.4 is 16.0 Å². The number of alkyl halides is 5. The van der Waals surface area contributed by atoms with Gasteiger partial charge in [-0.05, 0) is 18.2 Å². The van der Waals surface area contributed by atoms with Crippen molar-refractivity contribution < 1.29 is 36.3 Å². The van der Waals surface area contributed by atoms with E-state index in [0.29, 0.717) is 12.3 Å².